The van der Waals surface area contributed by atoms with Gasteiger partial charge < -0.3 is 25.5 Å². The van der Waals surface area contributed by atoms with Crippen molar-refractivity contribution >= 4 is 33.1 Å². The van der Waals surface area contributed by atoms with Crippen LogP contribution in [-0.2, 0) is 4.74 Å². The summed E-state index contributed by atoms with van der Waals surface area (Å²) in [7, 11) is 3.96. The second-order valence-corrected chi connectivity index (χ2v) is 11.6. The predicted molar refractivity (Wildman–Crippen MR) is 158 cm³/mol. The third-order valence-electron chi connectivity index (χ3n) is 9.56. The standard InChI is InChI=1S/C14H23NO2.C13H25NO.CH4.K.H2O.2H2S/c1-15-12(11-7-3-2-4-8-11)14(17-13(15)16)9-5-6-10-14;1-14-12(11-7-3-2-4-8-11)13(15)9-5-6-10-13;;;;;/h11-12H,2-10H2,1H3;11-12,14-15H,2-10H2,1H3;1H4;;3*1H2/q;;;+1;;;/p-1/t2*12-;;;;;/m00...../s1. The summed E-state index contributed by atoms with van der Waals surface area (Å²) in [5, 5.41) is 14.0. The van der Waals surface area contributed by atoms with Crippen LogP contribution in [0, 0.1) is 11.8 Å². The summed E-state index contributed by atoms with van der Waals surface area (Å²) in [6, 6.07) is 0.707. The van der Waals surface area contributed by atoms with E-state index < -0.39 is 5.60 Å². The van der Waals surface area contributed by atoms with Crippen LogP contribution in [-0.4, -0.2) is 59.0 Å². The summed E-state index contributed by atoms with van der Waals surface area (Å²) in [5.41, 5.74) is -0.509. The zero-order chi connectivity index (χ0) is 22.6. The zero-order valence-electron chi connectivity index (χ0n) is 23.2. The molecular weight excluding hydrogens is 532 g/mol. The van der Waals surface area contributed by atoms with Crippen LogP contribution in [0.25, 0.3) is 0 Å². The molecule has 0 radical (unpaired) electrons. The minimum absolute atomic E-state index is 0. The molecule has 1 amide bonds. The first-order chi connectivity index (χ1) is 15.5. The molecule has 1 saturated heterocycles. The first-order valence-electron chi connectivity index (χ1n) is 13.8. The van der Waals surface area contributed by atoms with E-state index in [-0.39, 0.29) is 103 Å². The molecule has 5 aliphatic rings. The van der Waals surface area contributed by atoms with Crippen molar-refractivity contribution in [2.45, 2.75) is 146 Å². The van der Waals surface area contributed by atoms with Crippen LogP contribution >= 0.6 is 27.0 Å². The van der Waals surface area contributed by atoms with Crippen molar-refractivity contribution in [3.63, 3.8) is 0 Å². The van der Waals surface area contributed by atoms with Crippen molar-refractivity contribution in [2.75, 3.05) is 14.1 Å². The van der Waals surface area contributed by atoms with Crippen LogP contribution in [0.15, 0.2) is 0 Å². The molecule has 4 saturated carbocycles. The van der Waals surface area contributed by atoms with Gasteiger partial charge in [-0.1, -0.05) is 58.8 Å². The van der Waals surface area contributed by atoms with E-state index in [4.69, 9.17) is 4.74 Å². The van der Waals surface area contributed by atoms with Crippen molar-refractivity contribution in [1.82, 2.24) is 10.2 Å². The van der Waals surface area contributed by atoms with Gasteiger partial charge in [0.15, 0.2) is 0 Å². The monoisotopic (exact) mass is 588 g/mol. The number of carbonyl (C=O) groups is 1. The van der Waals surface area contributed by atoms with Crippen molar-refractivity contribution in [3.05, 3.63) is 0 Å². The number of hydrogen-bond donors (Lipinski definition) is 2. The fourth-order valence-electron chi connectivity index (χ4n) is 8.05. The topological polar surface area (TPSA) is 91.8 Å². The summed E-state index contributed by atoms with van der Waals surface area (Å²) >= 11 is 0. The van der Waals surface area contributed by atoms with Crippen molar-refractivity contribution in [2.24, 2.45) is 11.8 Å². The van der Waals surface area contributed by atoms with Gasteiger partial charge >= 0.3 is 57.5 Å². The number of nitrogens with one attached hydrogen (secondary N) is 1. The maximum atomic E-state index is 11.9. The smallest absolute Gasteiger partial charge is 0.870 e. The van der Waals surface area contributed by atoms with Crippen LogP contribution < -0.4 is 56.7 Å². The van der Waals surface area contributed by atoms with Crippen LogP contribution in [0.4, 0.5) is 4.79 Å². The number of rotatable bonds is 4. The Hall–Kier alpha value is 1.49. The molecule has 1 heterocycles. The molecule has 5 rings (SSSR count). The molecule has 0 aromatic rings. The van der Waals surface area contributed by atoms with Crippen molar-refractivity contribution in [3.8, 4) is 0 Å². The third kappa shape index (κ3) is 9.50. The van der Waals surface area contributed by atoms with Crippen molar-refractivity contribution in [1.29, 1.82) is 0 Å². The largest absolute Gasteiger partial charge is 1.00 e. The number of amides is 1. The zero-order valence-corrected chi connectivity index (χ0v) is 28.3. The molecule has 0 bridgehead atoms. The molecule has 1 spiro atoms. The predicted octanol–water partition coefficient (Wildman–Crippen LogP) is 3.48. The van der Waals surface area contributed by atoms with Crippen molar-refractivity contribution < 1.29 is 71.5 Å². The van der Waals surface area contributed by atoms with E-state index >= 15 is 0 Å². The molecule has 4 aliphatic carbocycles. The fourth-order valence-corrected chi connectivity index (χ4v) is 8.05. The molecule has 1 aliphatic heterocycles. The fraction of sp³-hybridized carbons (Fsp3) is 0.964. The number of likely N-dealkylation sites (N-methyl/N-ethyl adjacent to an activating group) is 2. The van der Waals surface area contributed by atoms with E-state index in [1.165, 1.54) is 89.9 Å². The van der Waals surface area contributed by atoms with Crippen LogP contribution in [0.1, 0.15) is 123 Å². The van der Waals surface area contributed by atoms with Crippen LogP contribution in [0.3, 0.4) is 0 Å². The summed E-state index contributed by atoms with van der Waals surface area (Å²) in [6.45, 7) is 0. The number of ether oxygens (including phenoxy) is 1. The Morgan fingerprint density at radius 2 is 1.32 bits per heavy atom. The summed E-state index contributed by atoms with van der Waals surface area (Å²) in [4.78, 5) is 13.8. The van der Waals surface area contributed by atoms with E-state index in [9.17, 15) is 9.90 Å². The number of nitrogens with zero attached hydrogens (tertiary/aromatic N) is 1. The van der Waals surface area contributed by atoms with E-state index in [0.29, 0.717) is 23.9 Å². The van der Waals surface area contributed by atoms with E-state index in [1.807, 2.05) is 19.0 Å². The molecular formula is C28H57KN2O4S2. The van der Waals surface area contributed by atoms with Gasteiger partial charge in [0.25, 0.3) is 0 Å². The van der Waals surface area contributed by atoms with Gasteiger partial charge in [0, 0.05) is 13.1 Å². The Morgan fingerprint density at radius 3 is 1.81 bits per heavy atom. The number of aliphatic hydroxyl groups is 1. The average molecular weight is 589 g/mol. The van der Waals surface area contributed by atoms with Gasteiger partial charge in [0.1, 0.15) is 5.60 Å². The Balaban J connectivity index is 0. The second kappa shape index (κ2) is 18.8. The third-order valence-corrected chi connectivity index (χ3v) is 9.56. The number of hydrogen-bond acceptors (Lipinski definition) is 5. The number of carbonyl (C=O) groups excluding carboxylic acids is 1. The van der Waals surface area contributed by atoms with Crippen LogP contribution in [0.2, 0.25) is 0 Å². The van der Waals surface area contributed by atoms with Gasteiger partial charge in [0.2, 0.25) is 0 Å². The Bertz CT molecular complexity index is 621. The minimum Gasteiger partial charge on any atom is -0.870 e. The molecule has 9 heteroatoms. The quantitative estimate of drug-likeness (QED) is 0.491. The SMILES string of the molecule is C.CN1C(=O)OC2(CCCC2)[C@@H]1C1CCCCC1.CN[C@@H](C1CCCCC1)C1(O)CCCC1.S.S.[K+].[OH-]. The molecule has 2 atom stereocenters. The van der Waals surface area contributed by atoms with Gasteiger partial charge in [0.05, 0.1) is 11.6 Å². The van der Waals surface area contributed by atoms with E-state index in [0.717, 1.165) is 25.7 Å². The van der Waals surface area contributed by atoms with Crippen LogP contribution in [0.5, 0.6) is 0 Å². The molecule has 216 valence electrons. The second-order valence-electron chi connectivity index (χ2n) is 11.6. The Labute approximate surface area is 284 Å². The molecule has 0 unspecified atom stereocenters. The minimum atomic E-state index is -0.392. The molecule has 0 aromatic heterocycles. The Kier molecular flexibility index (Phi) is 20.7. The first kappa shape index (κ1) is 40.6. The maximum absolute atomic E-state index is 11.9. The average Bonchev–Trinajstić information content (AvgIpc) is 3.52. The summed E-state index contributed by atoms with van der Waals surface area (Å²) in [5.74, 6) is 1.39. The Morgan fingerprint density at radius 1 is 0.865 bits per heavy atom. The van der Waals surface area contributed by atoms with Gasteiger partial charge in [-0.15, -0.1) is 0 Å². The summed E-state index contributed by atoms with van der Waals surface area (Å²) in [6.07, 6.45) is 22.3. The molecule has 6 nitrogen and oxygen atoms in total. The summed E-state index contributed by atoms with van der Waals surface area (Å²) < 4.78 is 5.77. The van der Waals surface area contributed by atoms with Gasteiger partial charge in [-0.05, 0) is 83.1 Å². The normalized spacial score (nSPS) is 27.2. The molecule has 3 N–H and O–H groups in total. The van der Waals surface area contributed by atoms with Gasteiger partial charge in [-0.3, -0.25) is 0 Å². The maximum Gasteiger partial charge on any atom is 1.00 e. The molecule has 37 heavy (non-hydrogen) atoms. The van der Waals surface area contributed by atoms with E-state index in [1.54, 1.807) is 0 Å². The first-order valence-corrected chi connectivity index (χ1v) is 13.8. The molecule has 0 aromatic carbocycles. The van der Waals surface area contributed by atoms with Gasteiger partial charge in [-0.25, -0.2) is 4.79 Å². The van der Waals surface area contributed by atoms with E-state index in [2.05, 4.69) is 5.32 Å². The van der Waals surface area contributed by atoms with Gasteiger partial charge in [-0.2, -0.15) is 27.0 Å². The molecule has 5 fully saturated rings.